The van der Waals surface area contributed by atoms with E-state index in [1.165, 1.54) is 13.8 Å². The largest absolute Gasteiger partial charge is 2.00 e. The van der Waals surface area contributed by atoms with E-state index in [9.17, 15) is 9.59 Å². The van der Waals surface area contributed by atoms with E-state index < -0.39 is 6.16 Å². The van der Waals surface area contributed by atoms with Crippen LogP contribution in [0, 0.1) is 0 Å². The van der Waals surface area contributed by atoms with Crippen LogP contribution in [-0.2, 0) is 9.53 Å². The van der Waals surface area contributed by atoms with Gasteiger partial charge < -0.3 is 9.84 Å². The minimum atomic E-state index is -1.41. The average molecular weight is 168 g/mol. The molecule has 4 nitrogen and oxygen atoms in total. The van der Waals surface area contributed by atoms with Gasteiger partial charge in [0.1, 0.15) is 5.76 Å². The van der Waals surface area contributed by atoms with Crippen molar-refractivity contribution in [3.63, 3.8) is 0 Å². The van der Waals surface area contributed by atoms with Crippen LogP contribution < -0.4 is 0 Å². The molecule has 0 radical (unpaired) electrons. The minimum absolute atomic E-state index is 0. The van der Waals surface area contributed by atoms with Gasteiger partial charge in [-0.1, -0.05) is 0 Å². The first-order valence-corrected chi connectivity index (χ1v) is 2.62. The number of carbonyl (C=O) groups is 2. The van der Waals surface area contributed by atoms with Crippen molar-refractivity contribution in [1.82, 2.24) is 0 Å². The summed E-state index contributed by atoms with van der Waals surface area (Å²) < 4.78 is 4.12. The fourth-order valence-corrected chi connectivity index (χ4v) is 0.453. The number of ketones is 1. The van der Waals surface area contributed by atoms with E-state index in [-0.39, 0.29) is 34.6 Å². The molecule has 0 aromatic carbocycles. The summed E-state index contributed by atoms with van der Waals surface area (Å²) in [7, 11) is 0. The van der Waals surface area contributed by atoms with Crippen LogP contribution >= 0.6 is 0 Å². The molecule has 0 bridgehead atoms. The van der Waals surface area contributed by atoms with Crippen molar-refractivity contribution >= 4 is 35.0 Å². The first-order chi connectivity index (χ1) is 4.52. The molecule has 0 aliphatic rings. The summed E-state index contributed by atoms with van der Waals surface area (Å²) in [5, 5.41) is 8.02. The monoisotopic (exact) mass is 168 g/mol. The van der Waals surface area contributed by atoms with Gasteiger partial charge in [-0.25, -0.2) is 4.79 Å². The van der Waals surface area contributed by atoms with Crippen LogP contribution in [0.4, 0.5) is 4.79 Å². The molecule has 56 valence electrons. The van der Waals surface area contributed by atoms with Gasteiger partial charge in [0.15, 0.2) is 5.78 Å². The molecule has 0 saturated heterocycles. The van der Waals surface area contributed by atoms with Crippen molar-refractivity contribution < 1.29 is 19.4 Å². The Bertz CT molecular complexity index is 185. The Morgan fingerprint density at radius 2 is 1.82 bits per heavy atom. The summed E-state index contributed by atoms with van der Waals surface area (Å²) in [6.45, 7) is 2.71. The van der Waals surface area contributed by atoms with Crippen LogP contribution in [0.15, 0.2) is 11.8 Å². The second-order valence-electron chi connectivity index (χ2n) is 1.73. The molecule has 0 aromatic heterocycles. The standard InChI is InChI=1S/C6H8O4.Mg/c1-4(7)3-5(2)10-6(8)9;/h3H,1-2H3,(H,8,9);/q;+2. The number of carbonyl (C=O) groups excluding carboxylic acids is 1. The summed E-state index contributed by atoms with van der Waals surface area (Å²) in [6, 6.07) is 0. The zero-order valence-electron chi connectivity index (χ0n) is 6.46. The SMILES string of the molecule is CC(=O)C=C(C)OC(=O)O.[Mg+2]. The van der Waals surface area contributed by atoms with Crippen LogP contribution in [-0.4, -0.2) is 40.1 Å². The van der Waals surface area contributed by atoms with Gasteiger partial charge in [0, 0.05) is 6.08 Å². The third-order valence-corrected chi connectivity index (χ3v) is 0.655. The Hall–Kier alpha value is -0.554. The molecule has 0 aliphatic heterocycles. The van der Waals surface area contributed by atoms with Crippen molar-refractivity contribution in [2.75, 3.05) is 0 Å². The molecule has 0 unspecified atom stereocenters. The molecule has 0 rings (SSSR count). The molecular formula is C6H8MgO4+2. The van der Waals surface area contributed by atoms with Crippen molar-refractivity contribution in [3.8, 4) is 0 Å². The van der Waals surface area contributed by atoms with Crippen LogP contribution in [0.2, 0.25) is 0 Å². The second kappa shape index (κ2) is 6.18. The van der Waals surface area contributed by atoms with Crippen LogP contribution in [0.25, 0.3) is 0 Å². The van der Waals surface area contributed by atoms with E-state index in [1.807, 2.05) is 0 Å². The van der Waals surface area contributed by atoms with E-state index in [4.69, 9.17) is 5.11 Å². The summed E-state index contributed by atoms with van der Waals surface area (Å²) in [5.74, 6) is -0.154. The number of hydrogen-bond acceptors (Lipinski definition) is 3. The van der Waals surface area contributed by atoms with Gasteiger partial charge >= 0.3 is 29.2 Å². The zero-order chi connectivity index (χ0) is 8.15. The molecule has 0 atom stereocenters. The molecular weight excluding hydrogens is 160 g/mol. The van der Waals surface area contributed by atoms with E-state index in [1.54, 1.807) is 0 Å². The van der Waals surface area contributed by atoms with Crippen LogP contribution in [0.5, 0.6) is 0 Å². The van der Waals surface area contributed by atoms with E-state index in [2.05, 4.69) is 4.74 Å². The molecule has 0 aliphatic carbocycles. The maximum Gasteiger partial charge on any atom is 2.00 e. The van der Waals surface area contributed by atoms with Crippen molar-refractivity contribution in [1.29, 1.82) is 0 Å². The molecule has 0 amide bonds. The molecule has 0 spiro atoms. The van der Waals surface area contributed by atoms with Gasteiger partial charge in [0.05, 0.1) is 0 Å². The number of allylic oxidation sites excluding steroid dienone is 2. The molecule has 0 saturated carbocycles. The van der Waals surface area contributed by atoms with Gasteiger partial charge in [-0.15, -0.1) is 0 Å². The third kappa shape index (κ3) is 9.45. The molecule has 11 heavy (non-hydrogen) atoms. The number of hydrogen-bond donors (Lipinski definition) is 1. The van der Waals surface area contributed by atoms with Crippen molar-refractivity contribution in [3.05, 3.63) is 11.8 Å². The predicted molar refractivity (Wildman–Crippen MR) is 39.3 cm³/mol. The zero-order valence-corrected chi connectivity index (χ0v) is 7.87. The fourth-order valence-electron chi connectivity index (χ4n) is 0.453. The summed E-state index contributed by atoms with van der Waals surface area (Å²) in [5.41, 5.74) is 0. The van der Waals surface area contributed by atoms with Crippen molar-refractivity contribution in [2.45, 2.75) is 13.8 Å². The predicted octanol–water partition coefficient (Wildman–Crippen LogP) is 0.793. The number of ether oxygens (including phenoxy) is 1. The third-order valence-electron chi connectivity index (χ3n) is 0.655. The van der Waals surface area contributed by atoms with Crippen LogP contribution in [0.1, 0.15) is 13.8 Å². The van der Waals surface area contributed by atoms with E-state index in [0.717, 1.165) is 6.08 Å². The van der Waals surface area contributed by atoms with E-state index >= 15 is 0 Å². The molecule has 1 N–H and O–H groups in total. The van der Waals surface area contributed by atoms with Crippen molar-refractivity contribution in [2.24, 2.45) is 0 Å². The fraction of sp³-hybridized carbons (Fsp3) is 0.333. The average Bonchev–Trinajstić information content (AvgIpc) is 1.58. The minimum Gasteiger partial charge on any atom is -0.449 e. The van der Waals surface area contributed by atoms with Gasteiger partial charge in [0.25, 0.3) is 0 Å². The Morgan fingerprint density at radius 3 is 2.09 bits per heavy atom. The molecule has 5 heteroatoms. The smallest absolute Gasteiger partial charge is 0.449 e. The molecule has 0 heterocycles. The first kappa shape index (κ1) is 13.1. The topological polar surface area (TPSA) is 63.6 Å². The molecule has 0 aromatic rings. The summed E-state index contributed by atoms with van der Waals surface area (Å²) >= 11 is 0. The Labute approximate surface area is 80.4 Å². The maximum atomic E-state index is 10.3. The van der Waals surface area contributed by atoms with Crippen LogP contribution in [0.3, 0.4) is 0 Å². The van der Waals surface area contributed by atoms with Gasteiger partial charge in [-0.2, -0.15) is 0 Å². The van der Waals surface area contributed by atoms with Gasteiger partial charge in [-0.05, 0) is 13.8 Å². The number of rotatable bonds is 2. The maximum absolute atomic E-state index is 10.3. The van der Waals surface area contributed by atoms with Gasteiger partial charge in [-0.3, -0.25) is 4.79 Å². The normalized spacial score (nSPS) is 9.82. The first-order valence-electron chi connectivity index (χ1n) is 2.62. The Morgan fingerprint density at radius 1 is 1.36 bits per heavy atom. The van der Waals surface area contributed by atoms with E-state index in [0.29, 0.717) is 0 Å². The quantitative estimate of drug-likeness (QED) is 0.287. The summed E-state index contributed by atoms with van der Waals surface area (Å²) in [6.07, 6.45) is -0.302. The number of carboxylic acid groups (broad SMARTS) is 1. The Kier molecular flexibility index (Phi) is 7.34. The van der Waals surface area contributed by atoms with Gasteiger partial charge in [0.2, 0.25) is 0 Å². The Balaban J connectivity index is 0. The summed E-state index contributed by atoms with van der Waals surface area (Å²) in [4.78, 5) is 20.1. The molecule has 0 fully saturated rings. The second-order valence-corrected chi connectivity index (χ2v) is 1.73.